The van der Waals surface area contributed by atoms with Crippen LogP contribution in [0.1, 0.15) is 60.5 Å². The van der Waals surface area contributed by atoms with Crippen LogP contribution in [-0.4, -0.2) is 53.0 Å². The topological polar surface area (TPSA) is 94.6 Å². The first-order valence-electron chi connectivity index (χ1n) is 12.9. The third-order valence-electron chi connectivity index (χ3n) is 7.08. The summed E-state index contributed by atoms with van der Waals surface area (Å²) < 4.78 is 53.5. The number of rotatable bonds is 9. The molecule has 1 aromatic carbocycles. The van der Waals surface area contributed by atoms with Crippen molar-refractivity contribution in [2.75, 3.05) is 31.5 Å². The normalized spacial score (nSPS) is 18.8. The fourth-order valence-corrected chi connectivity index (χ4v) is 5.16. The highest BCUT2D eigenvalue weighted by Crippen LogP contribution is 2.32. The van der Waals surface area contributed by atoms with E-state index in [1.165, 1.54) is 5.56 Å². The number of halogens is 4. The molecule has 0 bridgehead atoms. The van der Waals surface area contributed by atoms with Crippen LogP contribution in [0, 0.1) is 11.7 Å². The number of carbonyl (C=O) groups is 2. The van der Waals surface area contributed by atoms with Crippen molar-refractivity contribution in [3.05, 3.63) is 58.5 Å². The predicted molar refractivity (Wildman–Crippen MR) is 133 cm³/mol. The van der Waals surface area contributed by atoms with Crippen molar-refractivity contribution >= 4 is 17.7 Å². The lowest BCUT2D eigenvalue weighted by Gasteiger charge is -2.33. The lowest BCUT2D eigenvalue weighted by atomic mass is 9.95. The smallest absolute Gasteiger partial charge is 0.416 e. The summed E-state index contributed by atoms with van der Waals surface area (Å²) in [5.41, 5.74) is 0.784. The van der Waals surface area contributed by atoms with E-state index in [1.54, 1.807) is 0 Å². The minimum absolute atomic E-state index is 0.229. The van der Waals surface area contributed by atoms with Crippen LogP contribution >= 0.6 is 0 Å². The van der Waals surface area contributed by atoms with Crippen molar-refractivity contribution in [1.29, 1.82) is 0 Å². The second-order valence-electron chi connectivity index (χ2n) is 10.0. The van der Waals surface area contributed by atoms with Gasteiger partial charge in [0.2, 0.25) is 5.91 Å². The van der Waals surface area contributed by atoms with Crippen molar-refractivity contribution in [2.24, 2.45) is 5.92 Å². The number of fused-ring (bicyclic) bond motifs is 1. The SMILES string of the molecule is O=C(O)CC(NC(=O)C1CCCN(CCCc2ccc3c(n2)NCCC3)C1)c1cc(F)cc(C(F)(F)F)c1. The fraction of sp³-hybridized carbons (Fsp3) is 0.519. The van der Waals surface area contributed by atoms with Crippen LogP contribution < -0.4 is 10.6 Å². The number of nitrogens with zero attached hydrogens (tertiary/aromatic N) is 2. The summed E-state index contributed by atoms with van der Waals surface area (Å²) in [6.45, 7) is 2.96. The monoisotopic (exact) mass is 536 g/mol. The molecule has 0 saturated carbocycles. The van der Waals surface area contributed by atoms with Gasteiger partial charge in [0, 0.05) is 18.8 Å². The molecule has 0 spiro atoms. The molecular weight excluding hydrogens is 504 g/mol. The highest BCUT2D eigenvalue weighted by molar-refractivity contribution is 5.80. The first kappa shape index (κ1) is 27.8. The van der Waals surface area contributed by atoms with Gasteiger partial charge in [0.15, 0.2) is 0 Å². The molecule has 1 aromatic heterocycles. The lowest BCUT2D eigenvalue weighted by molar-refractivity contribution is -0.138. The van der Waals surface area contributed by atoms with Gasteiger partial charge < -0.3 is 20.6 Å². The number of carboxylic acid groups (broad SMARTS) is 1. The molecule has 1 fully saturated rings. The summed E-state index contributed by atoms with van der Waals surface area (Å²) in [6.07, 6.45) is -0.336. The second kappa shape index (κ2) is 12.1. The van der Waals surface area contributed by atoms with E-state index in [2.05, 4.69) is 27.7 Å². The number of aryl methyl sites for hydroxylation is 2. The predicted octanol–water partition coefficient (Wildman–Crippen LogP) is 4.57. The number of aliphatic carboxylic acids is 1. The average Bonchev–Trinajstić information content (AvgIpc) is 2.87. The van der Waals surface area contributed by atoms with Crippen LogP contribution in [0.2, 0.25) is 0 Å². The number of anilines is 1. The number of alkyl halides is 3. The number of amides is 1. The standard InChI is InChI=1S/C27H32F4N4O3/c28-21-13-19(12-20(14-21)27(29,30)31)23(15-24(36)37)34-26(38)18-5-2-10-35(16-18)11-3-6-22-8-7-17-4-1-9-32-25(17)33-22/h7-8,12-14,18,23H,1-6,9-11,15-16H2,(H,32,33)(H,34,38)(H,36,37). The summed E-state index contributed by atoms with van der Waals surface area (Å²) in [6, 6.07) is 4.76. The van der Waals surface area contributed by atoms with Gasteiger partial charge in [0.25, 0.3) is 0 Å². The number of aromatic nitrogens is 1. The van der Waals surface area contributed by atoms with Gasteiger partial charge in [0.05, 0.1) is 23.9 Å². The molecule has 206 valence electrons. The minimum atomic E-state index is -4.80. The zero-order chi connectivity index (χ0) is 27.3. The molecule has 0 radical (unpaired) electrons. The zero-order valence-electron chi connectivity index (χ0n) is 21.0. The Kier molecular flexibility index (Phi) is 8.86. The van der Waals surface area contributed by atoms with E-state index < -0.39 is 47.8 Å². The molecule has 7 nitrogen and oxygen atoms in total. The quantitative estimate of drug-likeness (QED) is 0.407. The molecule has 2 aliphatic heterocycles. The molecule has 3 N–H and O–H groups in total. The Bertz CT molecular complexity index is 1160. The first-order valence-corrected chi connectivity index (χ1v) is 12.9. The third-order valence-corrected chi connectivity index (χ3v) is 7.08. The fourth-order valence-electron chi connectivity index (χ4n) is 5.16. The summed E-state index contributed by atoms with van der Waals surface area (Å²) >= 11 is 0. The Labute approximate surface area is 218 Å². The third kappa shape index (κ3) is 7.43. The zero-order valence-corrected chi connectivity index (χ0v) is 21.0. The van der Waals surface area contributed by atoms with E-state index in [1.807, 2.05) is 0 Å². The summed E-state index contributed by atoms with van der Waals surface area (Å²) in [5, 5.41) is 15.2. The molecule has 4 rings (SSSR count). The molecule has 2 unspecified atom stereocenters. The first-order chi connectivity index (χ1) is 18.1. The Morgan fingerprint density at radius 2 is 2.03 bits per heavy atom. The summed E-state index contributed by atoms with van der Waals surface area (Å²) in [4.78, 5) is 31.3. The minimum Gasteiger partial charge on any atom is -0.481 e. The van der Waals surface area contributed by atoms with Gasteiger partial charge in [-0.15, -0.1) is 0 Å². The number of hydrogen-bond acceptors (Lipinski definition) is 5. The number of pyridine rings is 1. The average molecular weight is 537 g/mol. The van der Waals surface area contributed by atoms with Crippen LogP contribution in [0.3, 0.4) is 0 Å². The van der Waals surface area contributed by atoms with E-state index in [4.69, 9.17) is 4.98 Å². The number of piperidine rings is 1. The lowest BCUT2D eigenvalue weighted by Crippen LogP contribution is -2.44. The van der Waals surface area contributed by atoms with Crippen molar-refractivity contribution in [1.82, 2.24) is 15.2 Å². The van der Waals surface area contributed by atoms with E-state index in [9.17, 15) is 32.3 Å². The number of benzene rings is 1. The molecule has 1 amide bonds. The number of carbonyl (C=O) groups excluding carboxylic acids is 1. The highest BCUT2D eigenvalue weighted by atomic mass is 19.4. The van der Waals surface area contributed by atoms with Crippen LogP contribution in [0.25, 0.3) is 0 Å². The molecule has 1 saturated heterocycles. The molecule has 2 atom stereocenters. The van der Waals surface area contributed by atoms with Gasteiger partial charge in [-0.2, -0.15) is 13.2 Å². The Hall–Kier alpha value is -3.21. The Morgan fingerprint density at radius 1 is 1.21 bits per heavy atom. The number of hydrogen-bond donors (Lipinski definition) is 3. The molecule has 38 heavy (non-hydrogen) atoms. The maximum Gasteiger partial charge on any atom is 0.416 e. The second-order valence-corrected chi connectivity index (χ2v) is 10.0. The van der Waals surface area contributed by atoms with Gasteiger partial charge in [0.1, 0.15) is 11.6 Å². The Morgan fingerprint density at radius 3 is 2.79 bits per heavy atom. The van der Waals surface area contributed by atoms with Gasteiger partial charge in [-0.1, -0.05) is 6.07 Å². The maximum atomic E-state index is 13.9. The highest BCUT2D eigenvalue weighted by Gasteiger charge is 2.33. The van der Waals surface area contributed by atoms with E-state index in [0.717, 1.165) is 69.3 Å². The van der Waals surface area contributed by atoms with Crippen LogP contribution in [-0.2, 0) is 28.6 Å². The maximum absolute atomic E-state index is 13.9. The molecule has 2 aromatic rings. The molecule has 0 aliphatic carbocycles. The van der Waals surface area contributed by atoms with Gasteiger partial charge in [-0.25, -0.2) is 9.37 Å². The van der Waals surface area contributed by atoms with Crippen LogP contribution in [0.4, 0.5) is 23.4 Å². The van der Waals surface area contributed by atoms with E-state index in [-0.39, 0.29) is 5.56 Å². The number of likely N-dealkylation sites (tertiary alicyclic amines) is 1. The Balaban J connectivity index is 1.35. The van der Waals surface area contributed by atoms with Crippen LogP contribution in [0.15, 0.2) is 30.3 Å². The van der Waals surface area contributed by atoms with Gasteiger partial charge in [-0.05, 0) is 87.0 Å². The number of nitrogens with one attached hydrogen (secondary N) is 2. The molecule has 3 heterocycles. The molecule has 11 heteroatoms. The van der Waals surface area contributed by atoms with E-state index in [0.29, 0.717) is 25.1 Å². The number of carboxylic acids is 1. The van der Waals surface area contributed by atoms with Crippen molar-refractivity contribution in [3.63, 3.8) is 0 Å². The molecular formula is C27H32F4N4O3. The van der Waals surface area contributed by atoms with Gasteiger partial charge in [-0.3, -0.25) is 9.59 Å². The largest absolute Gasteiger partial charge is 0.481 e. The van der Waals surface area contributed by atoms with Crippen molar-refractivity contribution in [3.8, 4) is 0 Å². The molecule has 2 aliphatic rings. The van der Waals surface area contributed by atoms with E-state index >= 15 is 0 Å². The van der Waals surface area contributed by atoms with Crippen LogP contribution in [0.5, 0.6) is 0 Å². The van der Waals surface area contributed by atoms with Crippen molar-refractivity contribution in [2.45, 2.75) is 57.2 Å². The van der Waals surface area contributed by atoms with Gasteiger partial charge >= 0.3 is 12.1 Å². The summed E-state index contributed by atoms with van der Waals surface area (Å²) in [5.74, 6) is -2.39. The van der Waals surface area contributed by atoms with Crippen molar-refractivity contribution < 1.29 is 32.3 Å². The summed E-state index contributed by atoms with van der Waals surface area (Å²) in [7, 11) is 0.